The number of hydrogen-bond acceptors (Lipinski definition) is 0. The summed E-state index contributed by atoms with van der Waals surface area (Å²) in [5.74, 6) is 0. The van der Waals surface area contributed by atoms with Gasteiger partial charge in [0, 0.05) is 0 Å². The Morgan fingerprint density at radius 1 is 0.643 bits per heavy atom. The van der Waals surface area contributed by atoms with E-state index in [4.69, 9.17) is 0 Å². The van der Waals surface area contributed by atoms with Crippen molar-refractivity contribution >= 4 is 0 Å². The molecule has 0 rings (SSSR count). The third kappa shape index (κ3) is 9.32. The van der Waals surface area contributed by atoms with Gasteiger partial charge < -0.3 is 6.42 Å². The van der Waals surface area contributed by atoms with E-state index in [-0.39, 0.29) is 103 Å². The molecule has 0 bridgehead atoms. The van der Waals surface area contributed by atoms with Gasteiger partial charge in [0.2, 0.25) is 0 Å². The molecule has 0 saturated heterocycles. The molecular weight excluding hydrogens is 222 g/mol. The van der Waals surface area contributed by atoms with Crippen molar-refractivity contribution in [3.63, 3.8) is 0 Å². The van der Waals surface area contributed by atoms with Gasteiger partial charge in [0.1, 0.15) is 0 Å². The van der Waals surface area contributed by atoms with E-state index in [2.05, 4.69) is 61.8 Å². The zero-order valence-electron chi connectivity index (χ0n) is 12.1. The van der Waals surface area contributed by atoms with Gasteiger partial charge in [0.25, 0.3) is 0 Å². The minimum absolute atomic E-state index is 0. The second-order valence-electron chi connectivity index (χ2n) is 6.48. The van der Waals surface area contributed by atoms with Crippen LogP contribution in [0.2, 0.25) is 0 Å². The van der Waals surface area contributed by atoms with Crippen molar-refractivity contribution in [3.8, 4) is 0 Å². The molecule has 0 aromatic heterocycles. The maximum atomic E-state index is 2.46. The molecule has 0 amide bonds. The van der Waals surface area contributed by atoms with Crippen molar-refractivity contribution in [2.24, 2.45) is 16.2 Å². The van der Waals surface area contributed by atoms with Gasteiger partial charge in [-0.15, -0.1) is 0 Å². The van der Waals surface area contributed by atoms with E-state index in [0.717, 1.165) is 0 Å². The maximum absolute atomic E-state index is 2.46. The smallest absolute Gasteiger partial charge is 0.317 e. The predicted octanol–water partition coefficient (Wildman–Crippen LogP) is -1.68. The predicted molar refractivity (Wildman–Crippen MR) is 57.0 cm³/mol. The SMILES string of the molecule is CC(C)(C)[CH-]C(C)(C)C(C)(C)C.[K+].[K+]. The molecule has 0 saturated carbocycles. The van der Waals surface area contributed by atoms with Crippen LogP contribution in [0.3, 0.4) is 0 Å². The first-order chi connectivity index (χ1) is 4.96. The van der Waals surface area contributed by atoms with E-state index in [1.165, 1.54) is 0 Å². The molecule has 0 N–H and O–H groups in total. The van der Waals surface area contributed by atoms with Gasteiger partial charge in [-0.3, -0.25) is 0 Å². The zero-order chi connectivity index (χ0) is 10.2. The molecule has 14 heavy (non-hydrogen) atoms. The van der Waals surface area contributed by atoms with E-state index in [9.17, 15) is 0 Å². The first-order valence-corrected chi connectivity index (χ1v) is 4.83. The van der Waals surface area contributed by atoms with Crippen LogP contribution in [0.1, 0.15) is 55.4 Å². The Kier molecular flexibility index (Phi) is 12.3. The van der Waals surface area contributed by atoms with Gasteiger partial charge in [-0.2, -0.15) is 10.8 Å². The van der Waals surface area contributed by atoms with Crippen molar-refractivity contribution in [2.75, 3.05) is 0 Å². The average Bonchev–Trinajstić information content (AvgIpc) is 1.52. The number of hydrogen-bond donors (Lipinski definition) is 0. The summed E-state index contributed by atoms with van der Waals surface area (Å²) in [7, 11) is 0. The summed E-state index contributed by atoms with van der Waals surface area (Å²) < 4.78 is 0. The van der Waals surface area contributed by atoms with Crippen LogP contribution >= 0.6 is 0 Å². The van der Waals surface area contributed by atoms with Crippen LogP contribution in [0.4, 0.5) is 0 Å². The summed E-state index contributed by atoms with van der Waals surface area (Å²) in [6.07, 6.45) is 2.46. The summed E-state index contributed by atoms with van der Waals surface area (Å²) in [6.45, 7) is 18.3. The Labute approximate surface area is 177 Å². The topological polar surface area (TPSA) is 0 Å². The minimum Gasteiger partial charge on any atom is -0.317 e. The molecule has 0 aliphatic heterocycles. The second kappa shape index (κ2) is 7.65. The molecule has 0 fully saturated rings. The normalized spacial score (nSPS) is 12.9. The van der Waals surface area contributed by atoms with Crippen LogP contribution in [-0.2, 0) is 0 Å². The molecule has 0 aliphatic carbocycles. The van der Waals surface area contributed by atoms with E-state index in [1.54, 1.807) is 0 Å². The van der Waals surface area contributed by atoms with Crippen molar-refractivity contribution in [1.29, 1.82) is 0 Å². The van der Waals surface area contributed by atoms with Crippen LogP contribution in [-0.4, -0.2) is 0 Å². The van der Waals surface area contributed by atoms with Gasteiger partial charge in [-0.05, 0) is 0 Å². The van der Waals surface area contributed by atoms with E-state index in [1.807, 2.05) is 0 Å². The van der Waals surface area contributed by atoms with Crippen molar-refractivity contribution < 1.29 is 103 Å². The Morgan fingerprint density at radius 2 is 0.929 bits per heavy atom. The largest absolute Gasteiger partial charge is 1.00 e. The van der Waals surface area contributed by atoms with Gasteiger partial charge in [-0.1, -0.05) is 60.8 Å². The fourth-order valence-electron chi connectivity index (χ4n) is 1.30. The first-order valence-electron chi connectivity index (χ1n) is 4.83. The Balaban J connectivity index is -0.000000605. The van der Waals surface area contributed by atoms with E-state index < -0.39 is 0 Å². The second-order valence-corrected chi connectivity index (χ2v) is 6.48. The Hall–Kier alpha value is 3.27. The van der Waals surface area contributed by atoms with Crippen molar-refractivity contribution in [1.82, 2.24) is 0 Å². The molecule has 0 aliphatic rings. The third-order valence-corrected chi connectivity index (χ3v) is 2.73. The molecular formula is C12H25K2+. The molecule has 2 heteroatoms. The summed E-state index contributed by atoms with van der Waals surface area (Å²) in [4.78, 5) is 0. The quantitative estimate of drug-likeness (QED) is 0.384. The van der Waals surface area contributed by atoms with Crippen LogP contribution in [0.5, 0.6) is 0 Å². The summed E-state index contributed by atoms with van der Waals surface area (Å²) >= 11 is 0. The molecule has 0 aromatic rings. The fourth-order valence-corrected chi connectivity index (χ4v) is 1.30. The van der Waals surface area contributed by atoms with Crippen LogP contribution in [0.25, 0.3) is 0 Å². The standard InChI is InChI=1S/C12H25.2K/c1-10(2,3)9-12(7,8)11(4,5)6;;/h9H,1-8H3;;/q-1;2*+1. The van der Waals surface area contributed by atoms with Crippen molar-refractivity contribution in [3.05, 3.63) is 6.42 Å². The van der Waals surface area contributed by atoms with Crippen LogP contribution in [0.15, 0.2) is 0 Å². The summed E-state index contributed by atoms with van der Waals surface area (Å²) in [5.41, 5.74) is 0.961. The Morgan fingerprint density at radius 3 is 1.00 bits per heavy atom. The van der Waals surface area contributed by atoms with Gasteiger partial charge in [-0.25, -0.2) is 0 Å². The molecule has 0 spiro atoms. The molecule has 0 nitrogen and oxygen atoms in total. The molecule has 0 atom stereocenters. The van der Waals surface area contributed by atoms with Gasteiger partial charge in [0.15, 0.2) is 0 Å². The monoisotopic (exact) mass is 247 g/mol. The third-order valence-electron chi connectivity index (χ3n) is 2.73. The summed E-state index contributed by atoms with van der Waals surface area (Å²) in [6, 6.07) is 0. The zero-order valence-corrected chi connectivity index (χ0v) is 18.3. The van der Waals surface area contributed by atoms with Gasteiger partial charge in [0.05, 0.1) is 0 Å². The van der Waals surface area contributed by atoms with Crippen molar-refractivity contribution in [2.45, 2.75) is 55.4 Å². The molecule has 0 heterocycles. The molecule has 74 valence electrons. The van der Waals surface area contributed by atoms with Crippen LogP contribution in [0, 0.1) is 22.7 Å². The van der Waals surface area contributed by atoms with E-state index >= 15 is 0 Å². The molecule has 0 aromatic carbocycles. The first kappa shape index (κ1) is 22.5. The minimum atomic E-state index is 0. The fraction of sp³-hybridized carbons (Fsp3) is 0.917. The van der Waals surface area contributed by atoms with Gasteiger partial charge >= 0.3 is 103 Å². The average molecular weight is 248 g/mol. The van der Waals surface area contributed by atoms with Crippen LogP contribution < -0.4 is 103 Å². The molecule has 0 radical (unpaired) electrons. The summed E-state index contributed by atoms with van der Waals surface area (Å²) in [5, 5.41) is 0. The van der Waals surface area contributed by atoms with E-state index in [0.29, 0.717) is 16.2 Å². The Bertz CT molecular complexity index is 147. The maximum Gasteiger partial charge on any atom is 1.00 e. The number of rotatable bonds is 1. The molecule has 0 unspecified atom stereocenters.